The van der Waals surface area contributed by atoms with Crippen LogP contribution in [0, 0.1) is 11.6 Å². The van der Waals surface area contributed by atoms with Crippen molar-refractivity contribution in [3.05, 3.63) is 50.1 Å². The van der Waals surface area contributed by atoms with Crippen molar-refractivity contribution in [2.75, 3.05) is 11.9 Å². The van der Waals surface area contributed by atoms with Crippen molar-refractivity contribution in [2.24, 2.45) is 0 Å². The second-order valence-electron chi connectivity index (χ2n) is 4.18. The van der Waals surface area contributed by atoms with E-state index in [1.165, 1.54) is 16.2 Å². The number of hydrogen-bond donors (Lipinski definition) is 1. The highest BCUT2D eigenvalue weighted by atomic mass is 79.9. The highest BCUT2D eigenvalue weighted by molar-refractivity contribution is 9.10. The van der Waals surface area contributed by atoms with Crippen LogP contribution in [0.2, 0.25) is 0 Å². The minimum absolute atomic E-state index is 0.237. The Morgan fingerprint density at radius 1 is 1.35 bits per heavy atom. The standard InChI is InChI=1S/C13H10BrF2NO2S/c1-17(5-9-4-8(14)6-20-9)12-10(15)2-7(13(18)19)3-11(12)16/h2-4,6H,5H2,1H3,(H,18,19). The van der Waals surface area contributed by atoms with Gasteiger partial charge in [0.25, 0.3) is 0 Å². The lowest BCUT2D eigenvalue weighted by Crippen LogP contribution is -2.19. The first kappa shape index (κ1) is 14.9. The first-order chi connectivity index (χ1) is 9.38. The third-order valence-corrected chi connectivity index (χ3v) is 4.34. The summed E-state index contributed by atoms with van der Waals surface area (Å²) in [7, 11) is 1.55. The first-order valence-corrected chi connectivity index (χ1v) is 7.22. The zero-order valence-corrected chi connectivity index (χ0v) is 12.8. The van der Waals surface area contributed by atoms with Crippen LogP contribution in [0.3, 0.4) is 0 Å². The molecule has 1 aromatic heterocycles. The Hall–Kier alpha value is -1.47. The number of hydrogen-bond acceptors (Lipinski definition) is 3. The van der Waals surface area contributed by atoms with Gasteiger partial charge in [-0.25, -0.2) is 13.6 Å². The van der Waals surface area contributed by atoms with Crippen LogP contribution >= 0.6 is 27.3 Å². The van der Waals surface area contributed by atoms with Crippen LogP contribution in [0.4, 0.5) is 14.5 Å². The number of aromatic carboxylic acids is 1. The molecule has 0 radical (unpaired) electrons. The summed E-state index contributed by atoms with van der Waals surface area (Å²) >= 11 is 4.78. The van der Waals surface area contributed by atoms with Gasteiger partial charge in [0.15, 0.2) is 0 Å². The summed E-state index contributed by atoms with van der Waals surface area (Å²) < 4.78 is 28.7. The second kappa shape index (κ2) is 5.88. The molecule has 1 aromatic carbocycles. The second-order valence-corrected chi connectivity index (χ2v) is 6.09. The average molecular weight is 362 g/mol. The monoisotopic (exact) mass is 361 g/mol. The fraction of sp³-hybridized carbons (Fsp3) is 0.154. The minimum Gasteiger partial charge on any atom is -0.478 e. The summed E-state index contributed by atoms with van der Waals surface area (Å²) in [6.07, 6.45) is 0. The predicted octanol–water partition coefficient (Wildman–Crippen LogP) is 4.12. The number of carbonyl (C=O) groups is 1. The molecule has 0 bridgehead atoms. The molecule has 0 unspecified atom stereocenters. The average Bonchev–Trinajstić information content (AvgIpc) is 2.73. The van der Waals surface area contributed by atoms with E-state index in [9.17, 15) is 13.6 Å². The Balaban J connectivity index is 2.30. The van der Waals surface area contributed by atoms with Crippen LogP contribution in [0.5, 0.6) is 0 Å². The number of anilines is 1. The Morgan fingerprint density at radius 2 is 1.95 bits per heavy atom. The molecular formula is C13H10BrF2NO2S. The Morgan fingerprint density at radius 3 is 2.40 bits per heavy atom. The van der Waals surface area contributed by atoms with Gasteiger partial charge in [-0.2, -0.15) is 0 Å². The lowest BCUT2D eigenvalue weighted by atomic mass is 10.1. The van der Waals surface area contributed by atoms with Gasteiger partial charge >= 0.3 is 5.97 Å². The van der Waals surface area contributed by atoms with Crippen molar-refractivity contribution in [1.82, 2.24) is 0 Å². The minimum atomic E-state index is -1.36. The van der Waals surface area contributed by atoms with E-state index < -0.39 is 23.2 Å². The van der Waals surface area contributed by atoms with Gasteiger partial charge in [0.05, 0.1) is 12.1 Å². The predicted molar refractivity (Wildman–Crippen MR) is 77.4 cm³/mol. The van der Waals surface area contributed by atoms with Crippen LogP contribution in [0.1, 0.15) is 15.2 Å². The molecule has 2 rings (SSSR count). The summed E-state index contributed by atoms with van der Waals surface area (Å²) in [6.45, 7) is 0.330. The largest absolute Gasteiger partial charge is 0.478 e. The van der Waals surface area contributed by atoms with E-state index in [4.69, 9.17) is 5.11 Å². The van der Waals surface area contributed by atoms with Crippen molar-refractivity contribution in [1.29, 1.82) is 0 Å². The molecule has 2 aromatic rings. The zero-order valence-electron chi connectivity index (χ0n) is 10.4. The van der Waals surface area contributed by atoms with E-state index in [0.29, 0.717) is 6.54 Å². The van der Waals surface area contributed by atoms with Crippen LogP contribution in [0.15, 0.2) is 28.1 Å². The maximum absolute atomic E-state index is 13.9. The van der Waals surface area contributed by atoms with Crippen molar-refractivity contribution in [3.8, 4) is 0 Å². The number of carboxylic acid groups (broad SMARTS) is 1. The Kier molecular flexibility index (Phi) is 4.39. The van der Waals surface area contributed by atoms with E-state index in [1.807, 2.05) is 11.4 Å². The lowest BCUT2D eigenvalue weighted by molar-refractivity contribution is 0.0695. The highest BCUT2D eigenvalue weighted by Gasteiger charge is 2.18. The smallest absolute Gasteiger partial charge is 0.335 e. The molecule has 1 N–H and O–H groups in total. The van der Waals surface area contributed by atoms with Gasteiger partial charge in [0, 0.05) is 21.8 Å². The van der Waals surface area contributed by atoms with E-state index in [-0.39, 0.29) is 5.69 Å². The number of halogens is 3. The number of benzene rings is 1. The Labute approximate surface area is 126 Å². The van der Waals surface area contributed by atoms with Crippen LogP contribution < -0.4 is 4.90 Å². The molecule has 0 fully saturated rings. The maximum atomic E-state index is 13.9. The molecule has 0 amide bonds. The summed E-state index contributed by atoms with van der Waals surface area (Å²) in [5, 5.41) is 10.6. The molecule has 106 valence electrons. The summed E-state index contributed by atoms with van der Waals surface area (Å²) in [5.74, 6) is -3.14. The number of carboxylic acids is 1. The molecule has 0 aliphatic carbocycles. The molecule has 1 heterocycles. The lowest BCUT2D eigenvalue weighted by Gasteiger charge is -2.20. The topological polar surface area (TPSA) is 40.5 Å². The summed E-state index contributed by atoms with van der Waals surface area (Å²) in [5.41, 5.74) is -0.643. The molecule has 0 atom stereocenters. The van der Waals surface area contributed by atoms with E-state index >= 15 is 0 Å². The third kappa shape index (κ3) is 3.16. The van der Waals surface area contributed by atoms with E-state index in [1.54, 1.807) is 7.05 Å². The van der Waals surface area contributed by atoms with Gasteiger partial charge in [-0.3, -0.25) is 0 Å². The van der Waals surface area contributed by atoms with Crippen molar-refractivity contribution < 1.29 is 18.7 Å². The molecular weight excluding hydrogens is 352 g/mol. The number of thiophene rings is 1. The summed E-state index contributed by atoms with van der Waals surface area (Å²) in [6, 6.07) is 3.51. The molecule has 0 aliphatic heterocycles. The molecule has 3 nitrogen and oxygen atoms in total. The van der Waals surface area contributed by atoms with E-state index in [2.05, 4.69) is 15.9 Å². The number of nitrogens with zero attached hydrogens (tertiary/aromatic N) is 1. The van der Waals surface area contributed by atoms with Gasteiger partial charge in [0.1, 0.15) is 17.3 Å². The highest BCUT2D eigenvalue weighted by Crippen LogP contribution is 2.27. The normalized spacial score (nSPS) is 10.6. The van der Waals surface area contributed by atoms with Gasteiger partial charge in [-0.15, -0.1) is 11.3 Å². The molecule has 20 heavy (non-hydrogen) atoms. The fourth-order valence-corrected chi connectivity index (χ4v) is 3.31. The van der Waals surface area contributed by atoms with Gasteiger partial charge in [-0.05, 0) is 34.1 Å². The van der Waals surface area contributed by atoms with Crippen LogP contribution in [-0.2, 0) is 6.54 Å². The van der Waals surface area contributed by atoms with Crippen molar-refractivity contribution >= 4 is 38.9 Å². The molecule has 0 aliphatic rings. The molecule has 7 heteroatoms. The van der Waals surface area contributed by atoms with Crippen LogP contribution in [-0.4, -0.2) is 18.1 Å². The summed E-state index contributed by atoms with van der Waals surface area (Å²) in [4.78, 5) is 13.1. The number of rotatable bonds is 4. The van der Waals surface area contributed by atoms with Crippen LogP contribution in [0.25, 0.3) is 0 Å². The molecule has 0 saturated carbocycles. The first-order valence-electron chi connectivity index (χ1n) is 5.55. The molecule has 0 saturated heterocycles. The zero-order chi connectivity index (χ0) is 14.9. The maximum Gasteiger partial charge on any atom is 0.335 e. The third-order valence-electron chi connectivity index (χ3n) is 2.66. The quantitative estimate of drug-likeness (QED) is 0.890. The van der Waals surface area contributed by atoms with Crippen molar-refractivity contribution in [3.63, 3.8) is 0 Å². The molecule has 0 spiro atoms. The van der Waals surface area contributed by atoms with Gasteiger partial charge in [0.2, 0.25) is 0 Å². The SMILES string of the molecule is CN(Cc1cc(Br)cs1)c1c(F)cc(C(=O)O)cc1F. The fourth-order valence-electron chi connectivity index (χ4n) is 1.80. The van der Waals surface area contributed by atoms with Crippen molar-refractivity contribution in [2.45, 2.75) is 6.54 Å². The Bertz CT molecular complexity index is 637. The van der Waals surface area contributed by atoms with E-state index in [0.717, 1.165) is 21.5 Å². The van der Waals surface area contributed by atoms with Gasteiger partial charge < -0.3 is 10.0 Å². The van der Waals surface area contributed by atoms with Gasteiger partial charge in [-0.1, -0.05) is 0 Å².